The second kappa shape index (κ2) is 6.34. The molecular formula is C17H10BrFN4O3. The molecule has 0 spiro atoms. The number of furan rings is 1. The van der Waals surface area contributed by atoms with E-state index in [0.717, 1.165) is 10.9 Å². The Bertz CT molecular complexity index is 1180. The van der Waals surface area contributed by atoms with E-state index in [9.17, 15) is 14.0 Å². The zero-order chi connectivity index (χ0) is 18.3. The highest BCUT2D eigenvalue weighted by molar-refractivity contribution is 9.10. The van der Waals surface area contributed by atoms with Crippen LogP contribution < -0.4 is 10.9 Å². The molecule has 0 fully saturated rings. The van der Waals surface area contributed by atoms with Gasteiger partial charge in [0.25, 0.3) is 5.56 Å². The maximum Gasteiger partial charge on any atom is 0.330 e. The van der Waals surface area contributed by atoms with Crippen molar-refractivity contribution in [3.63, 3.8) is 0 Å². The Morgan fingerprint density at radius 2 is 2.15 bits per heavy atom. The number of pyridine rings is 1. The van der Waals surface area contributed by atoms with Gasteiger partial charge in [-0.3, -0.25) is 9.78 Å². The summed E-state index contributed by atoms with van der Waals surface area (Å²) in [6, 6.07) is 5.27. The Balaban J connectivity index is 1.60. The van der Waals surface area contributed by atoms with Gasteiger partial charge in [0.2, 0.25) is 0 Å². The third kappa shape index (κ3) is 2.76. The number of carbonyl (C=O) groups excluding carboxylic acids is 1. The molecule has 4 aromatic rings. The Labute approximate surface area is 153 Å². The van der Waals surface area contributed by atoms with Crippen molar-refractivity contribution in [3.8, 4) is 0 Å². The molecule has 3 heterocycles. The van der Waals surface area contributed by atoms with Crippen LogP contribution in [-0.4, -0.2) is 20.6 Å². The fourth-order valence-electron chi connectivity index (χ4n) is 2.55. The molecule has 1 N–H and O–H groups in total. The molecule has 0 saturated carbocycles. The monoisotopic (exact) mass is 416 g/mol. The van der Waals surface area contributed by atoms with Crippen LogP contribution in [0.25, 0.3) is 21.9 Å². The molecule has 9 heteroatoms. The molecule has 130 valence electrons. The Morgan fingerprint density at radius 1 is 1.31 bits per heavy atom. The van der Waals surface area contributed by atoms with Crippen molar-refractivity contribution in [2.24, 2.45) is 0 Å². The van der Waals surface area contributed by atoms with Crippen LogP contribution in [0.5, 0.6) is 0 Å². The molecule has 0 aliphatic rings. The predicted molar refractivity (Wildman–Crippen MR) is 95.3 cm³/mol. The number of benzene rings is 1. The molecule has 0 bridgehead atoms. The topological polar surface area (TPSA) is 90.0 Å². The first-order valence-electron chi connectivity index (χ1n) is 7.50. The minimum atomic E-state index is -0.673. The molecule has 26 heavy (non-hydrogen) atoms. The van der Waals surface area contributed by atoms with Crippen molar-refractivity contribution in [2.45, 2.75) is 6.54 Å². The highest BCUT2D eigenvalue weighted by Gasteiger charge is 2.14. The van der Waals surface area contributed by atoms with E-state index in [1.165, 1.54) is 30.6 Å². The summed E-state index contributed by atoms with van der Waals surface area (Å²) in [4.78, 5) is 32.6. The van der Waals surface area contributed by atoms with Crippen LogP contribution in [0, 0.1) is 5.82 Å². The van der Waals surface area contributed by atoms with Gasteiger partial charge in [0, 0.05) is 12.4 Å². The van der Waals surface area contributed by atoms with Crippen molar-refractivity contribution < 1.29 is 13.6 Å². The molecule has 0 atom stereocenters. The van der Waals surface area contributed by atoms with E-state index in [-0.39, 0.29) is 11.9 Å². The molecule has 0 unspecified atom stereocenters. The van der Waals surface area contributed by atoms with Crippen LogP contribution in [-0.2, 0) is 6.54 Å². The second-order valence-corrected chi connectivity index (χ2v) is 6.31. The number of hydrogen-bond acceptors (Lipinski definition) is 5. The minimum absolute atomic E-state index is 0.0170. The standard InChI is InChI=1S/C17H10BrFN4O3/c18-12-1-2-13(19)10-5-9(26-15(10)12)6-21-17(25)23-8-22-14-3-4-20-7-11(14)16(23)24/h1-5,7-8H,6H2,(H,21,25). The third-order valence-electron chi connectivity index (χ3n) is 3.83. The first kappa shape index (κ1) is 16.4. The summed E-state index contributed by atoms with van der Waals surface area (Å²) >= 11 is 3.29. The van der Waals surface area contributed by atoms with E-state index in [1.807, 2.05) is 0 Å². The van der Waals surface area contributed by atoms with Gasteiger partial charge >= 0.3 is 6.03 Å². The molecule has 3 aromatic heterocycles. The lowest BCUT2D eigenvalue weighted by Crippen LogP contribution is -2.36. The van der Waals surface area contributed by atoms with Crippen LogP contribution in [0.2, 0.25) is 0 Å². The van der Waals surface area contributed by atoms with Crippen molar-refractivity contribution in [2.75, 3.05) is 0 Å². The maximum absolute atomic E-state index is 13.8. The molecule has 1 amide bonds. The molecule has 0 aliphatic heterocycles. The lowest BCUT2D eigenvalue weighted by Gasteiger charge is -2.06. The summed E-state index contributed by atoms with van der Waals surface area (Å²) in [7, 11) is 0. The first-order chi connectivity index (χ1) is 12.5. The van der Waals surface area contributed by atoms with Gasteiger partial charge in [0.15, 0.2) is 5.58 Å². The normalized spacial score (nSPS) is 11.2. The largest absolute Gasteiger partial charge is 0.458 e. The van der Waals surface area contributed by atoms with Crippen LogP contribution in [0.1, 0.15) is 5.76 Å². The summed E-state index contributed by atoms with van der Waals surface area (Å²) in [6.45, 7) is -0.0170. The van der Waals surface area contributed by atoms with E-state index < -0.39 is 17.4 Å². The zero-order valence-corrected chi connectivity index (χ0v) is 14.7. The van der Waals surface area contributed by atoms with Gasteiger partial charge in [0.1, 0.15) is 17.9 Å². The summed E-state index contributed by atoms with van der Waals surface area (Å²) in [5, 5.41) is 3.09. The summed E-state index contributed by atoms with van der Waals surface area (Å²) in [5.74, 6) is -0.0745. The van der Waals surface area contributed by atoms with Gasteiger partial charge in [0.05, 0.1) is 27.3 Å². The van der Waals surface area contributed by atoms with Crippen molar-refractivity contribution in [1.29, 1.82) is 0 Å². The fourth-order valence-corrected chi connectivity index (χ4v) is 2.98. The van der Waals surface area contributed by atoms with Crippen LogP contribution in [0.3, 0.4) is 0 Å². The van der Waals surface area contributed by atoms with E-state index in [0.29, 0.717) is 26.7 Å². The number of fused-ring (bicyclic) bond motifs is 2. The smallest absolute Gasteiger partial charge is 0.330 e. The average molecular weight is 417 g/mol. The zero-order valence-electron chi connectivity index (χ0n) is 13.1. The van der Waals surface area contributed by atoms with Crippen molar-refractivity contribution >= 4 is 43.8 Å². The number of nitrogens with zero attached hydrogens (tertiary/aromatic N) is 3. The number of nitrogens with one attached hydrogen (secondary N) is 1. The molecule has 0 aliphatic carbocycles. The van der Waals surface area contributed by atoms with Crippen molar-refractivity contribution in [1.82, 2.24) is 19.9 Å². The van der Waals surface area contributed by atoms with Gasteiger partial charge < -0.3 is 9.73 Å². The van der Waals surface area contributed by atoms with E-state index in [2.05, 4.69) is 31.2 Å². The summed E-state index contributed by atoms with van der Waals surface area (Å²) in [5.41, 5.74) is 0.274. The van der Waals surface area contributed by atoms with Crippen molar-refractivity contribution in [3.05, 3.63) is 69.4 Å². The Morgan fingerprint density at radius 3 is 2.96 bits per heavy atom. The molecule has 4 rings (SSSR count). The fraction of sp³-hybridized carbons (Fsp3) is 0.0588. The Kier molecular flexibility index (Phi) is 4.00. The lowest BCUT2D eigenvalue weighted by atomic mass is 10.2. The predicted octanol–water partition coefficient (Wildman–Crippen LogP) is 3.20. The van der Waals surface area contributed by atoms with Gasteiger partial charge in [-0.25, -0.2) is 18.7 Å². The van der Waals surface area contributed by atoms with Crippen LogP contribution in [0.4, 0.5) is 9.18 Å². The minimum Gasteiger partial charge on any atom is -0.458 e. The number of rotatable bonds is 2. The van der Waals surface area contributed by atoms with Crippen LogP contribution >= 0.6 is 15.9 Å². The van der Waals surface area contributed by atoms with Gasteiger partial charge in [-0.1, -0.05) is 0 Å². The van der Waals surface area contributed by atoms with Gasteiger partial charge in [-0.2, -0.15) is 0 Å². The number of hydrogen-bond donors (Lipinski definition) is 1. The number of amides is 1. The second-order valence-electron chi connectivity index (χ2n) is 5.46. The molecule has 7 nitrogen and oxygen atoms in total. The molecule has 1 aromatic carbocycles. The van der Waals surface area contributed by atoms with E-state index >= 15 is 0 Å². The SMILES string of the molecule is O=C(NCc1cc2c(F)ccc(Br)c2o1)n1cnc2ccncc2c1=O. The Hall–Kier alpha value is -3.07. The van der Waals surface area contributed by atoms with E-state index in [4.69, 9.17) is 4.42 Å². The van der Waals surface area contributed by atoms with Gasteiger partial charge in [-0.05, 0) is 40.2 Å². The highest BCUT2D eigenvalue weighted by Crippen LogP contribution is 2.29. The van der Waals surface area contributed by atoms with Gasteiger partial charge in [-0.15, -0.1) is 0 Å². The average Bonchev–Trinajstić information content (AvgIpc) is 3.09. The molecule has 0 radical (unpaired) electrons. The summed E-state index contributed by atoms with van der Waals surface area (Å²) in [6.07, 6.45) is 4.01. The highest BCUT2D eigenvalue weighted by atomic mass is 79.9. The third-order valence-corrected chi connectivity index (χ3v) is 4.45. The number of halogens is 2. The molecular weight excluding hydrogens is 407 g/mol. The lowest BCUT2D eigenvalue weighted by molar-refractivity contribution is 0.240. The molecule has 0 saturated heterocycles. The summed E-state index contributed by atoms with van der Waals surface area (Å²) < 4.78 is 20.8. The number of carbonyl (C=O) groups is 1. The number of aromatic nitrogens is 3. The first-order valence-corrected chi connectivity index (χ1v) is 8.30. The van der Waals surface area contributed by atoms with Crippen LogP contribution in [0.15, 0.2) is 56.7 Å². The quantitative estimate of drug-likeness (QED) is 0.541. The maximum atomic E-state index is 13.8. The van der Waals surface area contributed by atoms with E-state index in [1.54, 1.807) is 6.07 Å².